The summed E-state index contributed by atoms with van der Waals surface area (Å²) in [5, 5.41) is 0. The minimum atomic E-state index is -3.95. The van der Waals surface area contributed by atoms with Gasteiger partial charge in [0.05, 0.1) is 0 Å². The van der Waals surface area contributed by atoms with E-state index < -0.39 is 21.5 Å². The molecule has 0 spiro atoms. The van der Waals surface area contributed by atoms with Gasteiger partial charge in [-0.3, -0.25) is 0 Å². The van der Waals surface area contributed by atoms with Gasteiger partial charge in [-0.2, -0.15) is 0 Å². The number of halogens is 2. The highest BCUT2D eigenvalue weighted by Gasteiger charge is 2.32. The highest BCUT2D eigenvalue weighted by molar-refractivity contribution is 7.91. The minimum Gasteiger partial charge on any atom is -0.455 e. The first-order valence-electron chi connectivity index (χ1n) is 5.00. The largest absolute Gasteiger partial charge is 0.455 e. The normalized spacial score (nSPS) is 15.4. The van der Waals surface area contributed by atoms with Gasteiger partial charge in [-0.25, -0.2) is 17.2 Å². The van der Waals surface area contributed by atoms with Crippen LogP contribution in [-0.4, -0.2) is 8.42 Å². The van der Waals surface area contributed by atoms with Crippen LogP contribution < -0.4 is 4.74 Å². The topological polar surface area (TPSA) is 43.4 Å². The summed E-state index contributed by atoms with van der Waals surface area (Å²) in [4.78, 5) is -0.582. The highest BCUT2D eigenvalue weighted by atomic mass is 32.2. The quantitative estimate of drug-likeness (QED) is 0.629. The van der Waals surface area contributed by atoms with Crippen molar-refractivity contribution in [2.75, 3.05) is 0 Å². The van der Waals surface area contributed by atoms with Crippen molar-refractivity contribution in [3.05, 3.63) is 48.0 Å². The third kappa shape index (κ3) is 1.49. The first kappa shape index (κ1) is 11.2. The monoisotopic (exact) mass is 268 g/mol. The number of hydrogen-bond donors (Lipinski definition) is 0. The van der Waals surface area contributed by atoms with E-state index >= 15 is 0 Å². The SMILES string of the molecule is O=S1(=O)c2cc(F)ccc2Oc2ccc(F)cc21. The van der Waals surface area contributed by atoms with Crippen LogP contribution in [-0.2, 0) is 9.84 Å². The van der Waals surface area contributed by atoms with E-state index in [4.69, 9.17) is 4.74 Å². The first-order chi connectivity index (χ1) is 8.48. The summed E-state index contributed by atoms with van der Waals surface area (Å²) in [6.45, 7) is 0. The van der Waals surface area contributed by atoms with Gasteiger partial charge in [0.2, 0.25) is 9.84 Å². The third-order valence-corrected chi connectivity index (χ3v) is 4.41. The molecule has 3 rings (SSSR count). The summed E-state index contributed by atoms with van der Waals surface area (Å²) in [6, 6.07) is 6.38. The molecule has 0 atom stereocenters. The lowest BCUT2D eigenvalue weighted by molar-refractivity contribution is 0.437. The summed E-state index contributed by atoms with van der Waals surface area (Å²) >= 11 is 0. The Hall–Kier alpha value is -1.95. The Morgan fingerprint density at radius 1 is 0.833 bits per heavy atom. The van der Waals surface area contributed by atoms with Gasteiger partial charge in [0, 0.05) is 0 Å². The number of sulfone groups is 1. The van der Waals surface area contributed by atoms with Crippen LogP contribution in [0.3, 0.4) is 0 Å². The number of ether oxygens (including phenoxy) is 1. The third-order valence-electron chi connectivity index (χ3n) is 2.61. The van der Waals surface area contributed by atoms with Crippen LogP contribution in [0.1, 0.15) is 0 Å². The molecule has 0 saturated heterocycles. The van der Waals surface area contributed by atoms with Gasteiger partial charge in [-0.15, -0.1) is 0 Å². The van der Waals surface area contributed by atoms with Gasteiger partial charge in [0.25, 0.3) is 0 Å². The molecule has 3 nitrogen and oxygen atoms in total. The van der Waals surface area contributed by atoms with Crippen LogP contribution in [0.15, 0.2) is 46.2 Å². The molecule has 0 fully saturated rings. The molecule has 1 aliphatic rings. The van der Waals surface area contributed by atoms with E-state index in [1.54, 1.807) is 0 Å². The van der Waals surface area contributed by atoms with Gasteiger partial charge in [-0.05, 0) is 36.4 Å². The van der Waals surface area contributed by atoms with Crippen molar-refractivity contribution in [2.45, 2.75) is 9.79 Å². The van der Waals surface area contributed by atoms with Crippen molar-refractivity contribution < 1.29 is 21.9 Å². The van der Waals surface area contributed by atoms with Crippen molar-refractivity contribution in [3.8, 4) is 11.5 Å². The number of hydrogen-bond acceptors (Lipinski definition) is 3. The van der Waals surface area contributed by atoms with Crippen LogP contribution in [0.4, 0.5) is 8.78 Å². The van der Waals surface area contributed by atoms with Crippen LogP contribution in [0.2, 0.25) is 0 Å². The summed E-state index contributed by atoms with van der Waals surface area (Å²) in [5.74, 6) is -1.31. The molecule has 1 heterocycles. The van der Waals surface area contributed by atoms with Crippen LogP contribution in [0, 0.1) is 11.6 Å². The average molecular weight is 268 g/mol. The molecule has 2 aromatic rings. The van der Waals surface area contributed by atoms with Gasteiger partial charge in [0.1, 0.15) is 32.9 Å². The van der Waals surface area contributed by atoms with E-state index in [1.807, 2.05) is 0 Å². The summed E-state index contributed by atoms with van der Waals surface area (Å²) in [7, 11) is -3.95. The maximum absolute atomic E-state index is 13.1. The average Bonchev–Trinajstić information content (AvgIpc) is 2.32. The molecule has 18 heavy (non-hydrogen) atoms. The van der Waals surface area contributed by atoms with Crippen molar-refractivity contribution in [3.63, 3.8) is 0 Å². The van der Waals surface area contributed by atoms with E-state index in [1.165, 1.54) is 12.1 Å². The zero-order chi connectivity index (χ0) is 12.9. The van der Waals surface area contributed by atoms with Gasteiger partial charge in [0.15, 0.2) is 0 Å². The molecule has 2 aromatic carbocycles. The van der Waals surface area contributed by atoms with E-state index in [9.17, 15) is 17.2 Å². The Labute approximate surface area is 102 Å². The predicted molar refractivity (Wildman–Crippen MR) is 58.3 cm³/mol. The van der Waals surface area contributed by atoms with E-state index in [-0.39, 0.29) is 21.3 Å². The first-order valence-corrected chi connectivity index (χ1v) is 6.49. The minimum absolute atomic E-state index is 0.0375. The fourth-order valence-electron chi connectivity index (χ4n) is 1.79. The Morgan fingerprint density at radius 2 is 1.28 bits per heavy atom. The summed E-state index contributed by atoms with van der Waals surface area (Å²) in [5.41, 5.74) is 0. The molecule has 0 bridgehead atoms. The molecule has 0 amide bonds. The molecule has 1 aliphatic heterocycles. The van der Waals surface area contributed by atoms with Gasteiger partial charge in [-0.1, -0.05) is 0 Å². The van der Waals surface area contributed by atoms with Crippen LogP contribution >= 0.6 is 0 Å². The lowest BCUT2D eigenvalue weighted by Crippen LogP contribution is -2.11. The fourth-order valence-corrected chi connectivity index (χ4v) is 3.31. The second-order valence-corrected chi connectivity index (χ2v) is 5.67. The second kappa shape index (κ2) is 3.52. The van der Waals surface area contributed by atoms with Crippen molar-refractivity contribution in [1.82, 2.24) is 0 Å². The number of fused-ring (bicyclic) bond motifs is 2. The Bertz CT molecular complexity index is 696. The Kier molecular flexibility index (Phi) is 2.18. The molecule has 0 aliphatic carbocycles. The molecule has 0 aromatic heterocycles. The highest BCUT2D eigenvalue weighted by Crippen LogP contribution is 2.42. The molecule has 0 unspecified atom stereocenters. The van der Waals surface area contributed by atoms with Crippen LogP contribution in [0.5, 0.6) is 11.5 Å². The smallest absolute Gasteiger partial charge is 0.214 e. The summed E-state index contributed by atoms with van der Waals surface area (Å²) < 4.78 is 55.9. The van der Waals surface area contributed by atoms with Crippen molar-refractivity contribution >= 4 is 9.84 Å². The van der Waals surface area contributed by atoms with E-state index in [2.05, 4.69) is 0 Å². The van der Waals surface area contributed by atoms with Crippen molar-refractivity contribution in [2.24, 2.45) is 0 Å². The lowest BCUT2D eigenvalue weighted by Gasteiger charge is -2.20. The molecule has 0 N–H and O–H groups in total. The molecule has 0 radical (unpaired) electrons. The second-order valence-electron chi connectivity index (χ2n) is 3.79. The standard InChI is InChI=1S/C12H6F2O3S/c13-7-1-3-9-11(5-7)18(15,16)12-6-8(14)2-4-10(12)17-9/h1-6H. The Balaban J connectivity index is 2.34. The van der Waals surface area contributed by atoms with Crippen molar-refractivity contribution in [1.29, 1.82) is 0 Å². The Morgan fingerprint density at radius 3 is 1.72 bits per heavy atom. The van der Waals surface area contributed by atoms with E-state index in [0.717, 1.165) is 24.3 Å². The van der Waals surface area contributed by atoms with E-state index in [0.29, 0.717) is 0 Å². The number of rotatable bonds is 0. The number of benzene rings is 2. The zero-order valence-electron chi connectivity index (χ0n) is 8.85. The molecule has 0 saturated carbocycles. The molecule has 92 valence electrons. The lowest BCUT2D eigenvalue weighted by atomic mass is 10.3. The maximum atomic E-state index is 13.1. The van der Waals surface area contributed by atoms with Gasteiger partial charge >= 0.3 is 0 Å². The molecular weight excluding hydrogens is 262 g/mol. The predicted octanol–water partition coefficient (Wildman–Crippen LogP) is 2.90. The molecular formula is C12H6F2O3S. The molecule has 6 heteroatoms. The fraction of sp³-hybridized carbons (Fsp3) is 0. The zero-order valence-corrected chi connectivity index (χ0v) is 9.67. The summed E-state index contributed by atoms with van der Waals surface area (Å²) in [6.07, 6.45) is 0. The van der Waals surface area contributed by atoms with Crippen LogP contribution in [0.25, 0.3) is 0 Å². The van der Waals surface area contributed by atoms with Gasteiger partial charge < -0.3 is 4.74 Å². The maximum Gasteiger partial charge on any atom is 0.214 e.